The fourth-order valence-electron chi connectivity index (χ4n) is 3.13. The first-order valence-electron chi connectivity index (χ1n) is 13.8. The molecule has 1 heterocycles. The van der Waals surface area contributed by atoms with Crippen LogP contribution in [0.15, 0.2) is 24.5 Å². The Labute approximate surface area is 262 Å². The van der Waals surface area contributed by atoms with Crippen molar-refractivity contribution in [1.82, 2.24) is 20.2 Å². The Hall–Kier alpha value is -3.70. The second-order valence-electron chi connectivity index (χ2n) is 9.98. The summed E-state index contributed by atoms with van der Waals surface area (Å²) in [5, 5.41) is 6.39. The summed E-state index contributed by atoms with van der Waals surface area (Å²) in [6, 6.07) is 2.83. The quantitative estimate of drug-likeness (QED) is 0.0510. The van der Waals surface area contributed by atoms with Crippen molar-refractivity contribution < 1.29 is 42.9 Å². The number of carbonyl (C=O) groups excluding carboxylic acids is 4. The van der Waals surface area contributed by atoms with Crippen molar-refractivity contribution in [2.45, 2.75) is 32.8 Å². The summed E-state index contributed by atoms with van der Waals surface area (Å²) in [6.07, 6.45) is 2.14. The minimum Gasteiger partial charge on any atom is -0.469 e. The number of carbonyl (C=O) groups is 4. The molecule has 0 aliphatic heterocycles. The number of nitrogens with two attached hydrogens (primary N) is 2. The Bertz CT molecular complexity index is 1090. The Morgan fingerprint density at radius 1 is 1.00 bits per heavy atom. The molecule has 44 heavy (non-hydrogen) atoms. The average Bonchev–Trinajstić information content (AvgIpc) is 2.95. The number of anilines is 1. The van der Waals surface area contributed by atoms with Crippen LogP contribution >= 0.6 is 11.6 Å². The predicted molar refractivity (Wildman–Crippen MR) is 161 cm³/mol. The Morgan fingerprint density at radius 3 is 2.23 bits per heavy atom. The number of methoxy groups -OCH3 is 1. The van der Waals surface area contributed by atoms with Crippen molar-refractivity contribution in [3.8, 4) is 0 Å². The van der Waals surface area contributed by atoms with Gasteiger partial charge in [-0.15, -0.1) is 0 Å². The van der Waals surface area contributed by atoms with Crippen LogP contribution in [0.25, 0.3) is 0 Å². The van der Waals surface area contributed by atoms with Crippen LogP contribution in [0.1, 0.15) is 37.7 Å². The maximum Gasteiger partial charge on any atom is 0.410 e. The third-order valence-corrected chi connectivity index (χ3v) is 5.49. The number of nitrogens with zero attached hydrogens (tertiary/aromatic N) is 3. The van der Waals surface area contributed by atoms with Crippen LogP contribution in [0.4, 0.5) is 10.5 Å². The summed E-state index contributed by atoms with van der Waals surface area (Å²) in [7, 11) is 1.32. The maximum absolute atomic E-state index is 12.7. The van der Waals surface area contributed by atoms with Gasteiger partial charge in [-0.25, -0.2) is 15.6 Å². The van der Waals surface area contributed by atoms with E-state index in [1.165, 1.54) is 41.6 Å². The number of hydrazine groups is 1. The van der Waals surface area contributed by atoms with Gasteiger partial charge in [0.2, 0.25) is 5.91 Å². The van der Waals surface area contributed by atoms with E-state index >= 15 is 0 Å². The summed E-state index contributed by atoms with van der Waals surface area (Å²) < 4.78 is 25.9. The normalized spacial score (nSPS) is 11.2. The molecule has 0 aliphatic rings. The monoisotopic (exact) mass is 645 g/mol. The minimum absolute atomic E-state index is 0.0370. The molecule has 1 aromatic rings. The number of halogens is 1. The second-order valence-corrected chi connectivity index (χ2v) is 10.3. The van der Waals surface area contributed by atoms with Crippen LogP contribution in [0.2, 0.25) is 5.15 Å². The van der Waals surface area contributed by atoms with E-state index in [4.69, 9.17) is 42.1 Å². The zero-order chi connectivity index (χ0) is 33.0. The van der Waals surface area contributed by atoms with E-state index in [2.05, 4.69) is 20.4 Å². The number of ether oxygens (including phenoxy) is 5. The van der Waals surface area contributed by atoms with Gasteiger partial charge in [-0.3, -0.25) is 19.3 Å². The highest BCUT2D eigenvalue weighted by atomic mass is 35.5. The van der Waals surface area contributed by atoms with Crippen molar-refractivity contribution in [1.29, 1.82) is 0 Å². The fraction of sp³-hybridized carbons (Fsp3) is 0.593. The molecule has 0 saturated carbocycles. The standard InChI is InChI=1S/C27H44ClN7O9/c1-27(2,3)44-26(39)34(11-12-35(30)10-8-29)19-22(36)32-20-5-6-21(33-24(20)28)25(38)31-9-14-42-16-18-43-17-15-41-13-7-23(37)40-4/h5-6,8,10H,7,9,11-19,29-30H2,1-4H3,(H,31,38)(H,32,36)/b10-8-. The molecule has 0 radical (unpaired) electrons. The molecule has 16 nitrogen and oxygen atoms in total. The average molecular weight is 646 g/mol. The smallest absolute Gasteiger partial charge is 0.410 e. The number of amides is 3. The molecular weight excluding hydrogens is 602 g/mol. The molecule has 6 N–H and O–H groups in total. The Kier molecular flexibility index (Phi) is 18.4. The molecule has 17 heteroatoms. The van der Waals surface area contributed by atoms with E-state index in [1.807, 2.05) is 0 Å². The fourth-order valence-corrected chi connectivity index (χ4v) is 3.33. The lowest BCUT2D eigenvalue weighted by molar-refractivity contribution is -0.142. The predicted octanol–water partition coefficient (Wildman–Crippen LogP) is 0.859. The van der Waals surface area contributed by atoms with Crippen LogP contribution in [-0.4, -0.2) is 117 Å². The van der Waals surface area contributed by atoms with Gasteiger partial charge in [0, 0.05) is 25.5 Å². The van der Waals surface area contributed by atoms with E-state index in [1.54, 1.807) is 20.8 Å². The Morgan fingerprint density at radius 2 is 1.64 bits per heavy atom. The number of esters is 1. The highest BCUT2D eigenvalue weighted by Gasteiger charge is 2.24. The molecular formula is C27H44ClN7O9. The van der Waals surface area contributed by atoms with Gasteiger partial charge in [-0.05, 0) is 32.9 Å². The van der Waals surface area contributed by atoms with Crippen molar-refractivity contribution in [3.63, 3.8) is 0 Å². The van der Waals surface area contributed by atoms with Gasteiger partial charge >= 0.3 is 12.1 Å². The molecule has 248 valence electrons. The molecule has 1 rings (SSSR count). The van der Waals surface area contributed by atoms with Crippen molar-refractivity contribution in [2.75, 3.05) is 78.2 Å². The lowest BCUT2D eigenvalue weighted by atomic mass is 10.2. The number of rotatable bonds is 20. The minimum atomic E-state index is -0.777. The third-order valence-electron chi connectivity index (χ3n) is 5.20. The molecule has 0 atom stereocenters. The maximum atomic E-state index is 12.7. The van der Waals surface area contributed by atoms with Gasteiger partial charge in [0.25, 0.3) is 5.91 Å². The number of hydrogen-bond acceptors (Lipinski definition) is 13. The van der Waals surface area contributed by atoms with Gasteiger partial charge in [-0.1, -0.05) is 11.6 Å². The first-order valence-corrected chi connectivity index (χ1v) is 14.2. The molecule has 0 aliphatic carbocycles. The molecule has 3 amide bonds. The molecule has 0 fully saturated rings. The largest absolute Gasteiger partial charge is 0.469 e. The van der Waals surface area contributed by atoms with E-state index in [-0.39, 0.29) is 68.3 Å². The molecule has 0 spiro atoms. The van der Waals surface area contributed by atoms with Gasteiger partial charge in [0.15, 0.2) is 5.15 Å². The van der Waals surface area contributed by atoms with Crippen molar-refractivity contribution >= 4 is 41.2 Å². The highest BCUT2D eigenvalue weighted by molar-refractivity contribution is 6.32. The summed E-state index contributed by atoms with van der Waals surface area (Å²) >= 11 is 6.21. The first kappa shape index (κ1) is 38.3. The molecule has 0 bridgehead atoms. The van der Waals surface area contributed by atoms with E-state index in [9.17, 15) is 19.2 Å². The van der Waals surface area contributed by atoms with Crippen molar-refractivity contribution in [2.24, 2.45) is 11.6 Å². The lowest BCUT2D eigenvalue weighted by Gasteiger charge is -2.28. The SMILES string of the molecule is COC(=O)CCOCCOCCOCCNC(=O)c1ccc(NC(=O)CN(CCN(N)/C=C\N)C(=O)OC(C)(C)C)c(Cl)n1. The van der Waals surface area contributed by atoms with E-state index in [0.717, 1.165) is 0 Å². The number of nitrogens with one attached hydrogen (secondary N) is 2. The Balaban J connectivity index is 2.45. The first-order chi connectivity index (χ1) is 20.9. The molecule has 0 saturated heterocycles. The molecule has 0 aromatic carbocycles. The number of pyridine rings is 1. The summed E-state index contributed by atoms with van der Waals surface area (Å²) in [5.74, 6) is 4.38. The van der Waals surface area contributed by atoms with E-state index in [0.29, 0.717) is 26.4 Å². The zero-order valence-electron chi connectivity index (χ0n) is 25.6. The van der Waals surface area contributed by atoms with Gasteiger partial charge in [0.05, 0.1) is 65.4 Å². The highest BCUT2D eigenvalue weighted by Crippen LogP contribution is 2.20. The summed E-state index contributed by atoms with van der Waals surface area (Å²) in [6.45, 7) is 7.09. The summed E-state index contributed by atoms with van der Waals surface area (Å²) in [4.78, 5) is 54.0. The summed E-state index contributed by atoms with van der Waals surface area (Å²) in [5.41, 5.74) is 4.74. The van der Waals surface area contributed by atoms with Gasteiger partial charge in [0.1, 0.15) is 17.8 Å². The zero-order valence-corrected chi connectivity index (χ0v) is 26.4. The molecule has 1 aromatic heterocycles. The number of aromatic nitrogens is 1. The van der Waals surface area contributed by atoms with Crippen LogP contribution < -0.4 is 22.2 Å². The third kappa shape index (κ3) is 17.4. The van der Waals surface area contributed by atoms with Crippen LogP contribution in [0.3, 0.4) is 0 Å². The van der Waals surface area contributed by atoms with Crippen molar-refractivity contribution in [3.05, 3.63) is 35.4 Å². The van der Waals surface area contributed by atoms with Crippen LogP contribution in [0.5, 0.6) is 0 Å². The van der Waals surface area contributed by atoms with E-state index < -0.39 is 23.5 Å². The number of hydrogen-bond donors (Lipinski definition) is 4. The molecule has 0 unspecified atom stereocenters. The van der Waals surface area contributed by atoms with Crippen LogP contribution in [0, 0.1) is 0 Å². The lowest BCUT2D eigenvalue weighted by Crippen LogP contribution is -2.45. The van der Waals surface area contributed by atoms with Crippen LogP contribution in [-0.2, 0) is 33.3 Å². The topological polar surface area (TPSA) is 210 Å². The van der Waals surface area contributed by atoms with Gasteiger partial charge in [-0.2, -0.15) is 0 Å². The second kappa shape index (κ2) is 21.1. The van der Waals surface area contributed by atoms with Gasteiger partial charge < -0.3 is 45.1 Å².